The van der Waals surface area contributed by atoms with E-state index in [2.05, 4.69) is 0 Å². The Balaban J connectivity index is 2.12. The fraction of sp³-hybridized carbons (Fsp3) is 0.875. The molecule has 1 aliphatic rings. The van der Waals surface area contributed by atoms with Crippen LogP contribution in [0.1, 0.15) is 13.3 Å². The number of hydrogen-bond donors (Lipinski definition) is 1. The van der Waals surface area contributed by atoms with Crippen molar-refractivity contribution < 1.29 is 14.3 Å². The van der Waals surface area contributed by atoms with Crippen LogP contribution in [-0.4, -0.2) is 31.8 Å². The monoisotopic (exact) mass is 173 g/mol. The zero-order chi connectivity index (χ0) is 8.97. The summed E-state index contributed by atoms with van der Waals surface area (Å²) in [5, 5.41) is 0. The molecule has 2 atom stereocenters. The van der Waals surface area contributed by atoms with E-state index < -0.39 is 6.04 Å². The minimum Gasteiger partial charge on any atom is -0.464 e. The molecule has 1 rings (SSSR count). The van der Waals surface area contributed by atoms with Gasteiger partial charge in [0.15, 0.2) is 0 Å². The van der Waals surface area contributed by atoms with Crippen molar-refractivity contribution in [2.75, 3.05) is 19.8 Å². The van der Waals surface area contributed by atoms with Gasteiger partial charge in [-0.15, -0.1) is 0 Å². The molecule has 0 amide bonds. The summed E-state index contributed by atoms with van der Waals surface area (Å²) in [6.45, 7) is 3.54. The first-order valence-corrected chi connectivity index (χ1v) is 4.20. The highest BCUT2D eigenvalue weighted by Crippen LogP contribution is 2.12. The molecule has 12 heavy (non-hydrogen) atoms. The van der Waals surface area contributed by atoms with Gasteiger partial charge in [0, 0.05) is 12.5 Å². The molecule has 0 aromatic rings. The Bertz CT molecular complexity index is 152. The van der Waals surface area contributed by atoms with E-state index in [9.17, 15) is 4.79 Å². The summed E-state index contributed by atoms with van der Waals surface area (Å²) >= 11 is 0. The molecule has 0 saturated carbocycles. The fourth-order valence-electron chi connectivity index (χ4n) is 1.05. The molecule has 1 heterocycles. The van der Waals surface area contributed by atoms with Crippen LogP contribution in [0.3, 0.4) is 0 Å². The lowest BCUT2D eigenvalue weighted by atomic mass is 10.1. The number of hydrogen-bond acceptors (Lipinski definition) is 4. The van der Waals surface area contributed by atoms with Gasteiger partial charge in [0.05, 0.1) is 13.2 Å². The summed E-state index contributed by atoms with van der Waals surface area (Å²) in [6.07, 6.45) is 0.978. The van der Waals surface area contributed by atoms with Gasteiger partial charge in [0.25, 0.3) is 0 Å². The molecular formula is C8H15NO3. The summed E-state index contributed by atoms with van der Waals surface area (Å²) in [5.41, 5.74) is 5.31. The summed E-state index contributed by atoms with van der Waals surface area (Å²) in [6, 6.07) is -0.521. The molecule has 1 aliphatic heterocycles. The maximum absolute atomic E-state index is 10.9. The average Bonchev–Trinajstić information content (AvgIpc) is 2.51. The van der Waals surface area contributed by atoms with Crippen LogP contribution in [0.2, 0.25) is 0 Å². The highest BCUT2D eigenvalue weighted by atomic mass is 16.5. The zero-order valence-electron chi connectivity index (χ0n) is 7.29. The summed E-state index contributed by atoms with van der Waals surface area (Å²) in [5.74, 6) is 0.0367. The first kappa shape index (κ1) is 9.48. The molecule has 4 heteroatoms. The van der Waals surface area contributed by atoms with Crippen LogP contribution in [0.4, 0.5) is 0 Å². The quantitative estimate of drug-likeness (QED) is 0.606. The van der Waals surface area contributed by atoms with Crippen LogP contribution in [0.25, 0.3) is 0 Å². The second-order valence-electron chi connectivity index (χ2n) is 3.15. The van der Waals surface area contributed by atoms with E-state index in [-0.39, 0.29) is 5.97 Å². The van der Waals surface area contributed by atoms with Gasteiger partial charge in [-0.3, -0.25) is 4.79 Å². The second kappa shape index (κ2) is 4.42. The van der Waals surface area contributed by atoms with Gasteiger partial charge in [-0.1, -0.05) is 0 Å². The fourth-order valence-corrected chi connectivity index (χ4v) is 1.05. The molecule has 2 N–H and O–H groups in total. The van der Waals surface area contributed by atoms with Gasteiger partial charge in [-0.05, 0) is 13.3 Å². The molecule has 0 radical (unpaired) electrons. The predicted molar refractivity (Wildman–Crippen MR) is 43.5 cm³/mol. The third-order valence-electron chi connectivity index (χ3n) is 1.86. The lowest BCUT2D eigenvalue weighted by Crippen LogP contribution is -2.30. The number of ether oxygens (including phenoxy) is 2. The van der Waals surface area contributed by atoms with Crippen molar-refractivity contribution in [2.45, 2.75) is 19.4 Å². The summed E-state index contributed by atoms with van der Waals surface area (Å²) in [4.78, 5) is 10.9. The number of carbonyl (C=O) groups is 1. The maximum Gasteiger partial charge on any atom is 0.322 e. The number of esters is 1. The molecule has 1 saturated heterocycles. The van der Waals surface area contributed by atoms with Crippen LogP contribution in [-0.2, 0) is 14.3 Å². The molecule has 0 aliphatic carbocycles. The maximum atomic E-state index is 10.9. The Kier molecular flexibility index (Phi) is 3.49. The van der Waals surface area contributed by atoms with Crippen LogP contribution < -0.4 is 5.73 Å². The Morgan fingerprint density at radius 3 is 3.08 bits per heavy atom. The second-order valence-corrected chi connectivity index (χ2v) is 3.15. The Labute approximate surface area is 72.0 Å². The first-order chi connectivity index (χ1) is 5.70. The van der Waals surface area contributed by atoms with Crippen LogP contribution in [0.5, 0.6) is 0 Å². The molecule has 70 valence electrons. The molecule has 4 nitrogen and oxygen atoms in total. The van der Waals surface area contributed by atoms with Gasteiger partial charge >= 0.3 is 5.97 Å². The van der Waals surface area contributed by atoms with Crippen LogP contribution in [0, 0.1) is 5.92 Å². The van der Waals surface area contributed by atoms with Crippen molar-refractivity contribution in [1.29, 1.82) is 0 Å². The molecule has 0 bridgehead atoms. The zero-order valence-corrected chi connectivity index (χ0v) is 7.29. The Morgan fingerprint density at radius 2 is 2.58 bits per heavy atom. The minimum atomic E-state index is -0.521. The Morgan fingerprint density at radius 1 is 1.83 bits per heavy atom. The van der Waals surface area contributed by atoms with Crippen molar-refractivity contribution in [3.8, 4) is 0 Å². The van der Waals surface area contributed by atoms with E-state index >= 15 is 0 Å². The van der Waals surface area contributed by atoms with Gasteiger partial charge in [0.2, 0.25) is 0 Å². The van der Waals surface area contributed by atoms with E-state index in [1.54, 1.807) is 6.92 Å². The van der Waals surface area contributed by atoms with Crippen LogP contribution in [0.15, 0.2) is 0 Å². The smallest absolute Gasteiger partial charge is 0.322 e. The third-order valence-corrected chi connectivity index (χ3v) is 1.86. The predicted octanol–water partition coefficient (Wildman–Crippen LogP) is -0.0867. The number of rotatable bonds is 3. The number of nitrogens with two attached hydrogens (primary N) is 1. The Hall–Kier alpha value is -0.610. The molecule has 1 unspecified atom stereocenters. The topological polar surface area (TPSA) is 61.6 Å². The normalized spacial score (nSPS) is 25.3. The highest BCUT2D eigenvalue weighted by Gasteiger charge is 2.18. The summed E-state index contributed by atoms with van der Waals surface area (Å²) < 4.78 is 10.1. The summed E-state index contributed by atoms with van der Waals surface area (Å²) in [7, 11) is 0. The molecule has 0 aromatic carbocycles. The van der Waals surface area contributed by atoms with Crippen molar-refractivity contribution in [3.63, 3.8) is 0 Å². The van der Waals surface area contributed by atoms with E-state index in [0.717, 1.165) is 13.0 Å². The van der Waals surface area contributed by atoms with Crippen molar-refractivity contribution in [3.05, 3.63) is 0 Å². The van der Waals surface area contributed by atoms with E-state index in [0.29, 0.717) is 19.1 Å². The molecule has 0 spiro atoms. The molecule has 0 aromatic heterocycles. The van der Waals surface area contributed by atoms with E-state index in [4.69, 9.17) is 15.2 Å². The van der Waals surface area contributed by atoms with Gasteiger partial charge in [-0.25, -0.2) is 0 Å². The standard InChI is InChI=1S/C8H15NO3/c1-6(9)8(10)12-5-7-2-3-11-4-7/h6-7H,2-5,9H2,1H3/t6-,7?/m1/s1. The van der Waals surface area contributed by atoms with Crippen molar-refractivity contribution in [1.82, 2.24) is 0 Å². The largest absolute Gasteiger partial charge is 0.464 e. The third kappa shape index (κ3) is 2.79. The number of carbonyl (C=O) groups excluding carboxylic acids is 1. The highest BCUT2D eigenvalue weighted by molar-refractivity contribution is 5.74. The molecule has 1 fully saturated rings. The van der Waals surface area contributed by atoms with Gasteiger partial charge in [-0.2, -0.15) is 0 Å². The van der Waals surface area contributed by atoms with E-state index in [1.807, 2.05) is 0 Å². The van der Waals surface area contributed by atoms with Crippen molar-refractivity contribution >= 4 is 5.97 Å². The molecular weight excluding hydrogens is 158 g/mol. The SMILES string of the molecule is C[C@@H](N)C(=O)OCC1CCOC1. The lowest BCUT2D eigenvalue weighted by Gasteiger charge is -2.10. The first-order valence-electron chi connectivity index (χ1n) is 4.20. The van der Waals surface area contributed by atoms with Gasteiger partial charge < -0.3 is 15.2 Å². The lowest BCUT2D eigenvalue weighted by molar-refractivity contribution is -0.146. The van der Waals surface area contributed by atoms with Crippen molar-refractivity contribution in [2.24, 2.45) is 11.7 Å². The average molecular weight is 173 g/mol. The minimum absolute atomic E-state index is 0.332. The van der Waals surface area contributed by atoms with E-state index in [1.165, 1.54) is 0 Å². The van der Waals surface area contributed by atoms with Crippen LogP contribution >= 0.6 is 0 Å². The van der Waals surface area contributed by atoms with Gasteiger partial charge in [0.1, 0.15) is 6.04 Å².